The summed E-state index contributed by atoms with van der Waals surface area (Å²) in [5.41, 5.74) is 4.67. The Morgan fingerprint density at radius 3 is 2.30 bits per heavy atom. The number of benzene rings is 2. The molecule has 1 aliphatic heterocycles. The highest BCUT2D eigenvalue weighted by Gasteiger charge is 2.31. The van der Waals surface area contributed by atoms with E-state index in [1.807, 2.05) is 47.4 Å². The van der Waals surface area contributed by atoms with Crippen molar-refractivity contribution in [1.82, 2.24) is 9.88 Å². The third kappa shape index (κ3) is 5.10. The van der Waals surface area contributed by atoms with Gasteiger partial charge in [0.1, 0.15) is 0 Å². The van der Waals surface area contributed by atoms with E-state index in [0.717, 1.165) is 47.0 Å². The number of carbonyl (C=O) groups is 2. The minimum Gasteiger partial charge on any atom is -0.493 e. The number of hydrogen-bond acceptors (Lipinski definition) is 7. The summed E-state index contributed by atoms with van der Waals surface area (Å²) in [7, 11) is 4.74. The molecule has 0 spiro atoms. The second-order valence-corrected chi connectivity index (χ2v) is 10.5. The number of amides is 1. The van der Waals surface area contributed by atoms with E-state index in [1.165, 1.54) is 0 Å². The molecule has 8 heteroatoms. The smallest absolute Gasteiger partial charge is 0.339 e. The Morgan fingerprint density at radius 2 is 1.65 bits per heavy atom. The van der Waals surface area contributed by atoms with E-state index >= 15 is 0 Å². The molecular weight excluding hydrogens is 508 g/mol. The Hall–Kier alpha value is -4.07. The molecule has 2 aliphatic rings. The first kappa shape index (κ1) is 27.5. The van der Waals surface area contributed by atoms with Crippen LogP contribution in [0.2, 0.25) is 0 Å². The molecule has 2 aromatic carbocycles. The molecule has 0 bridgehead atoms. The molecule has 8 nitrogen and oxygen atoms in total. The molecule has 1 fully saturated rings. The summed E-state index contributed by atoms with van der Waals surface area (Å²) in [5.74, 6) is 1.01. The molecule has 5 rings (SSSR count). The summed E-state index contributed by atoms with van der Waals surface area (Å²) in [5, 5.41) is 0.729. The van der Waals surface area contributed by atoms with Gasteiger partial charge in [0.25, 0.3) is 5.91 Å². The van der Waals surface area contributed by atoms with Gasteiger partial charge in [-0.2, -0.15) is 0 Å². The van der Waals surface area contributed by atoms with Crippen LogP contribution in [0.5, 0.6) is 17.2 Å². The number of esters is 1. The van der Waals surface area contributed by atoms with Crippen LogP contribution in [0.3, 0.4) is 0 Å². The van der Waals surface area contributed by atoms with Crippen LogP contribution in [-0.4, -0.2) is 61.8 Å². The normalized spacial score (nSPS) is 19.4. The van der Waals surface area contributed by atoms with Crippen molar-refractivity contribution in [3.63, 3.8) is 0 Å². The van der Waals surface area contributed by atoms with E-state index in [0.29, 0.717) is 41.2 Å². The fourth-order valence-corrected chi connectivity index (χ4v) is 6.08. The van der Waals surface area contributed by atoms with Gasteiger partial charge in [-0.3, -0.25) is 4.79 Å². The Labute approximate surface area is 234 Å². The third-order valence-electron chi connectivity index (χ3n) is 7.98. The van der Waals surface area contributed by atoms with E-state index in [2.05, 4.69) is 13.8 Å². The molecule has 1 aliphatic carbocycles. The van der Waals surface area contributed by atoms with Gasteiger partial charge < -0.3 is 23.8 Å². The van der Waals surface area contributed by atoms with Gasteiger partial charge in [0.05, 0.1) is 38.1 Å². The van der Waals surface area contributed by atoms with E-state index in [4.69, 9.17) is 23.9 Å². The van der Waals surface area contributed by atoms with Gasteiger partial charge in [0, 0.05) is 17.5 Å². The SMILES string of the molecule is COc1cc(/C=C2\CCc3c2nc2ccccc2c3C(=O)OCC(=O)N2[C@@H](C)CCC[C@@H]2C)cc(OC)c1OC. The van der Waals surface area contributed by atoms with Crippen molar-refractivity contribution < 1.29 is 28.5 Å². The van der Waals surface area contributed by atoms with Crippen molar-refractivity contribution in [2.24, 2.45) is 0 Å². The van der Waals surface area contributed by atoms with Crippen LogP contribution in [0.15, 0.2) is 36.4 Å². The first-order chi connectivity index (χ1) is 19.4. The van der Waals surface area contributed by atoms with Crippen molar-refractivity contribution in [3.8, 4) is 17.2 Å². The Balaban J connectivity index is 1.49. The average molecular weight is 545 g/mol. The van der Waals surface area contributed by atoms with Gasteiger partial charge in [-0.05, 0) is 86.9 Å². The fraction of sp³-hybridized carbons (Fsp3) is 0.406. The van der Waals surface area contributed by atoms with Crippen LogP contribution in [0.1, 0.15) is 66.7 Å². The van der Waals surface area contributed by atoms with E-state index in [9.17, 15) is 9.59 Å². The lowest BCUT2D eigenvalue weighted by Gasteiger charge is -2.38. The number of aromatic nitrogens is 1. The predicted molar refractivity (Wildman–Crippen MR) is 154 cm³/mol. The van der Waals surface area contributed by atoms with Gasteiger partial charge in [-0.1, -0.05) is 18.2 Å². The molecular formula is C32H36N2O6. The number of carbonyl (C=O) groups excluding carboxylic acids is 2. The molecule has 1 aromatic heterocycles. The first-order valence-electron chi connectivity index (χ1n) is 13.8. The summed E-state index contributed by atoms with van der Waals surface area (Å²) in [6, 6.07) is 11.6. The zero-order valence-electron chi connectivity index (χ0n) is 23.8. The van der Waals surface area contributed by atoms with Crippen molar-refractivity contribution in [3.05, 3.63) is 58.8 Å². The number of hydrogen-bond donors (Lipinski definition) is 0. The summed E-state index contributed by atoms with van der Waals surface area (Å²) >= 11 is 0. The Bertz CT molecular complexity index is 1440. The van der Waals surface area contributed by atoms with Crippen LogP contribution in [-0.2, 0) is 16.0 Å². The van der Waals surface area contributed by atoms with Crippen LogP contribution < -0.4 is 14.2 Å². The van der Waals surface area contributed by atoms with Crippen LogP contribution >= 0.6 is 0 Å². The summed E-state index contributed by atoms with van der Waals surface area (Å²) in [4.78, 5) is 33.5. The van der Waals surface area contributed by atoms with Crippen LogP contribution in [0.25, 0.3) is 22.6 Å². The first-order valence-corrected chi connectivity index (χ1v) is 13.8. The van der Waals surface area contributed by atoms with Gasteiger partial charge in [0.15, 0.2) is 18.1 Å². The molecule has 0 saturated carbocycles. The standard InChI is InChI=1S/C32H36N2O6/c1-19-9-8-10-20(2)34(19)28(35)18-40-32(36)29-23-11-6-7-12-25(23)33-30-22(13-14-24(29)30)15-21-16-26(37-3)31(39-5)27(17-21)38-4/h6-7,11-12,15-17,19-20H,8-10,13-14,18H2,1-5H3/b22-15+/t19-,20-/m0/s1. The monoisotopic (exact) mass is 544 g/mol. The van der Waals surface area contributed by atoms with Gasteiger partial charge in [-0.25, -0.2) is 9.78 Å². The largest absolute Gasteiger partial charge is 0.493 e. The second-order valence-electron chi connectivity index (χ2n) is 10.5. The number of likely N-dealkylation sites (tertiary alicyclic amines) is 1. The topological polar surface area (TPSA) is 87.2 Å². The molecule has 0 N–H and O–H groups in total. The van der Waals surface area contributed by atoms with Gasteiger partial charge in [0.2, 0.25) is 5.75 Å². The Morgan fingerprint density at radius 1 is 0.975 bits per heavy atom. The van der Waals surface area contributed by atoms with E-state index < -0.39 is 5.97 Å². The number of pyridine rings is 1. The number of ether oxygens (including phenoxy) is 4. The molecule has 0 radical (unpaired) electrons. The molecule has 1 saturated heterocycles. The minimum atomic E-state index is -0.491. The second kappa shape index (κ2) is 11.6. The highest BCUT2D eigenvalue weighted by molar-refractivity contribution is 6.07. The number of allylic oxidation sites excluding steroid dienone is 1. The van der Waals surface area contributed by atoms with Crippen molar-refractivity contribution >= 4 is 34.4 Å². The van der Waals surface area contributed by atoms with Crippen molar-refractivity contribution in [2.45, 2.75) is 58.0 Å². The lowest BCUT2D eigenvalue weighted by Crippen LogP contribution is -2.49. The number of methoxy groups -OCH3 is 3. The minimum absolute atomic E-state index is 0.142. The van der Waals surface area contributed by atoms with Crippen LogP contribution in [0, 0.1) is 0 Å². The predicted octanol–water partition coefficient (Wildman–Crippen LogP) is 5.69. The van der Waals surface area contributed by atoms with E-state index in [1.54, 1.807) is 21.3 Å². The molecule has 40 heavy (non-hydrogen) atoms. The maximum absolute atomic E-state index is 13.6. The van der Waals surface area contributed by atoms with Crippen molar-refractivity contribution in [1.29, 1.82) is 0 Å². The highest BCUT2D eigenvalue weighted by atomic mass is 16.5. The average Bonchev–Trinajstić information content (AvgIpc) is 3.35. The zero-order valence-corrected chi connectivity index (χ0v) is 23.8. The number of nitrogens with zero attached hydrogens (tertiary/aromatic N) is 2. The number of fused-ring (bicyclic) bond motifs is 2. The lowest BCUT2D eigenvalue weighted by molar-refractivity contribution is -0.140. The maximum Gasteiger partial charge on any atom is 0.339 e. The molecule has 0 unspecified atom stereocenters. The third-order valence-corrected chi connectivity index (χ3v) is 7.98. The number of rotatable bonds is 7. The van der Waals surface area contributed by atoms with Crippen LogP contribution in [0.4, 0.5) is 0 Å². The summed E-state index contributed by atoms with van der Waals surface area (Å²) in [6.07, 6.45) is 6.42. The van der Waals surface area contributed by atoms with Crippen molar-refractivity contribution in [2.75, 3.05) is 27.9 Å². The molecule has 3 aromatic rings. The number of para-hydroxylation sites is 1. The zero-order chi connectivity index (χ0) is 28.4. The Kier molecular flexibility index (Phi) is 7.96. The van der Waals surface area contributed by atoms with E-state index in [-0.39, 0.29) is 24.6 Å². The lowest BCUT2D eigenvalue weighted by atomic mass is 9.97. The van der Waals surface area contributed by atoms with Gasteiger partial charge >= 0.3 is 5.97 Å². The molecule has 210 valence electrons. The highest BCUT2D eigenvalue weighted by Crippen LogP contribution is 2.41. The fourth-order valence-electron chi connectivity index (χ4n) is 6.08. The molecule has 2 atom stereocenters. The maximum atomic E-state index is 13.6. The molecule has 2 heterocycles. The molecule has 1 amide bonds. The quantitative estimate of drug-likeness (QED) is 0.353. The summed E-state index contributed by atoms with van der Waals surface area (Å²) in [6.45, 7) is 3.84. The summed E-state index contributed by atoms with van der Waals surface area (Å²) < 4.78 is 22.2. The van der Waals surface area contributed by atoms with Gasteiger partial charge in [-0.15, -0.1) is 0 Å². The number of piperidine rings is 1.